The molecule has 1 aliphatic heterocycles. The van der Waals surface area contributed by atoms with Crippen LogP contribution in [0.4, 0.5) is 0 Å². The summed E-state index contributed by atoms with van der Waals surface area (Å²) in [5.74, 6) is -0.110. The van der Waals surface area contributed by atoms with Crippen molar-refractivity contribution in [2.45, 2.75) is 46.1 Å². The molecule has 0 aromatic rings. The maximum Gasteiger partial charge on any atom is 0.307 e. The van der Waals surface area contributed by atoms with E-state index in [0.29, 0.717) is 12.0 Å². The first-order valence-corrected chi connectivity index (χ1v) is 6.01. The number of nitrogens with zero attached hydrogens (tertiary/aromatic N) is 1. The summed E-state index contributed by atoms with van der Waals surface area (Å²) in [5, 5.41) is 9.01. The highest BCUT2D eigenvalue weighted by Crippen LogP contribution is 2.23. The standard InChI is InChI=1S/C12H23NO2/c1-4-9(2)7-13-8-11(12(14)15)6-5-10(13)3/h9-11H,4-8H2,1-3H3,(H,14,15). The minimum atomic E-state index is -0.629. The van der Waals surface area contributed by atoms with Crippen LogP contribution in [0.2, 0.25) is 0 Å². The highest BCUT2D eigenvalue weighted by Gasteiger charge is 2.29. The minimum Gasteiger partial charge on any atom is -0.481 e. The van der Waals surface area contributed by atoms with Crippen LogP contribution in [0.5, 0.6) is 0 Å². The number of likely N-dealkylation sites (tertiary alicyclic amines) is 1. The van der Waals surface area contributed by atoms with Gasteiger partial charge in [0.15, 0.2) is 0 Å². The Bertz CT molecular complexity index is 218. The molecular formula is C12H23NO2. The molecule has 1 rings (SSSR count). The van der Waals surface area contributed by atoms with Gasteiger partial charge in [-0.15, -0.1) is 0 Å². The van der Waals surface area contributed by atoms with Crippen LogP contribution < -0.4 is 0 Å². The molecule has 15 heavy (non-hydrogen) atoms. The molecule has 3 nitrogen and oxygen atoms in total. The van der Waals surface area contributed by atoms with Crippen molar-refractivity contribution in [3.63, 3.8) is 0 Å². The fourth-order valence-corrected chi connectivity index (χ4v) is 2.16. The zero-order valence-corrected chi connectivity index (χ0v) is 10.1. The number of carbonyl (C=O) groups is 1. The molecule has 1 fully saturated rings. The van der Waals surface area contributed by atoms with E-state index < -0.39 is 5.97 Å². The first-order chi connectivity index (χ1) is 7.04. The van der Waals surface area contributed by atoms with Gasteiger partial charge in [-0.05, 0) is 25.7 Å². The lowest BCUT2D eigenvalue weighted by molar-refractivity contribution is -0.144. The van der Waals surface area contributed by atoms with Crippen molar-refractivity contribution in [3.05, 3.63) is 0 Å². The maximum atomic E-state index is 10.9. The molecule has 0 amide bonds. The van der Waals surface area contributed by atoms with E-state index in [2.05, 4.69) is 25.7 Å². The predicted octanol–water partition coefficient (Wildman–Crippen LogP) is 2.22. The topological polar surface area (TPSA) is 40.5 Å². The zero-order valence-electron chi connectivity index (χ0n) is 10.1. The SMILES string of the molecule is CCC(C)CN1CC(C(=O)O)CCC1C. The van der Waals surface area contributed by atoms with Gasteiger partial charge in [0, 0.05) is 19.1 Å². The molecule has 1 heterocycles. The van der Waals surface area contributed by atoms with Gasteiger partial charge in [0.2, 0.25) is 0 Å². The number of piperidine rings is 1. The summed E-state index contributed by atoms with van der Waals surface area (Å²) >= 11 is 0. The van der Waals surface area contributed by atoms with Gasteiger partial charge in [0.1, 0.15) is 0 Å². The van der Waals surface area contributed by atoms with E-state index in [0.717, 1.165) is 25.9 Å². The third-order valence-corrected chi connectivity index (χ3v) is 3.60. The molecule has 88 valence electrons. The first-order valence-electron chi connectivity index (χ1n) is 6.01. The highest BCUT2D eigenvalue weighted by molar-refractivity contribution is 5.70. The molecule has 0 radical (unpaired) electrons. The molecule has 0 aromatic carbocycles. The highest BCUT2D eigenvalue weighted by atomic mass is 16.4. The monoisotopic (exact) mass is 213 g/mol. The number of carboxylic acid groups (broad SMARTS) is 1. The van der Waals surface area contributed by atoms with Gasteiger partial charge in [0.05, 0.1) is 5.92 Å². The van der Waals surface area contributed by atoms with Crippen molar-refractivity contribution < 1.29 is 9.90 Å². The normalized spacial score (nSPS) is 30.1. The van der Waals surface area contributed by atoms with E-state index in [1.807, 2.05) is 0 Å². The Morgan fingerprint density at radius 1 is 1.53 bits per heavy atom. The molecule has 0 saturated carbocycles. The van der Waals surface area contributed by atoms with Gasteiger partial charge in [-0.3, -0.25) is 9.69 Å². The number of hydrogen-bond donors (Lipinski definition) is 1. The van der Waals surface area contributed by atoms with E-state index in [1.165, 1.54) is 6.42 Å². The average Bonchev–Trinajstić information content (AvgIpc) is 2.20. The van der Waals surface area contributed by atoms with Crippen LogP contribution in [0.1, 0.15) is 40.0 Å². The summed E-state index contributed by atoms with van der Waals surface area (Å²) in [5.41, 5.74) is 0. The van der Waals surface area contributed by atoms with Gasteiger partial charge in [-0.1, -0.05) is 20.3 Å². The lowest BCUT2D eigenvalue weighted by Crippen LogP contribution is -2.45. The molecule has 1 aliphatic rings. The van der Waals surface area contributed by atoms with Gasteiger partial charge in [-0.2, -0.15) is 0 Å². The van der Waals surface area contributed by atoms with Crippen LogP contribution in [-0.2, 0) is 4.79 Å². The van der Waals surface area contributed by atoms with Gasteiger partial charge in [0.25, 0.3) is 0 Å². The van der Waals surface area contributed by atoms with Crippen LogP contribution in [0.25, 0.3) is 0 Å². The van der Waals surface area contributed by atoms with Crippen molar-refractivity contribution in [1.29, 1.82) is 0 Å². The average molecular weight is 213 g/mol. The van der Waals surface area contributed by atoms with Crippen LogP contribution in [0.15, 0.2) is 0 Å². The molecule has 3 unspecified atom stereocenters. The smallest absolute Gasteiger partial charge is 0.307 e. The molecular weight excluding hydrogens is 190 g/mol. The Hall–Kier alpha value is -0.570. The van der Waals surface area contributed by atoms with Crippen molar-refractivity contribution in [2.24, 2.45) is 11.8 Å². The lowest BCUT2D eigenvalue weighted by atomic mass is 9.92. The Balaban J connectivity index is 2.49. The third-order valence-electron chi connectivity index (χ3n) is 3.60. The largest absolute Gasteiger partial charge is 0.481 e. The molecule has 0 spiro atoms. The van der Waals surface area contributed by atoms with E-state index in [-0.39, 0.29) is 5.92 Å². The van der Waals surface area contributed by atoms with Gasteiger partial charge in [-0.25, -0.2) is 0 Å². The fourth-order valence-electron chi connectivity index (χ4n) is 2.16. The summed E-state index contributed by atoms with van der Waals surface area (Å²) in [6.07, 6.45) is 3.03. The third kappa shape index (κ3) is 3.49. The Kier molecular flexibility index (Phi) is 4.58. The van der Waals surface area contributed by atoms with Crippen LogP contribution in [0.3, 0.4) is 0 Å². The van der Waals surface area contributed by atoms with Crippen LogP contribution >= 0.6 is 0 Å². The zero-order chi connectivity index (χ0) is 11.4. The maximum absolute atomic E-state index is 10.9. The lowest BCUT2D eigenvalue weighted by Gasteiger charge is -2.37. The second-order valence-corrected chi connectivity index (χ2v) is 4.93. The molecule has 0 aromatic heterocycles. The van der Waals surface area contributed by atoms with Crippen molar-refractivity contribution >= 4 is 5.97 Å². The minimum absolute atomic E-state index is 0.148. The van der Waals surface area contributed by atoms with E-state index in [9.17, 15) is 4.79 Å². The predicted molar refractivity (Wildman–Crippen MR) is 60.8 cm³/mol. The quantitative estimate of drug-likeness (QED) is 0.778. The van der Waals surface area contributed by atoms with Crippen LogP contribution in [0, 0.1) is 11.8 Å². The summed E-state index contributed by atoms with van der Waals surface area (Å²) < 4.78 is 0. The molecule has 1 N–H and O–H groups in total. The molecule has 3 heteroatoms. The Labute approximate surface area is 92.5 Å². The van der Waals surface area contributed by atoms with Crippen molar-refractivity contribution in [1.82, 2.24) is 4.90 Å². The number of rotatable bonds is 4. The van der Waals surface area contributed by atoms with Crippen molar-refractivity contribution in [2.75, 3.05) is 13.1 Å². The fraction of sp³-hybridized carbons (Fsp3) is 0.917. The summed E-state index contributed by atoms with van der Waals surface area (Å²) in [7, 11) is 0. The van der Waals surface area contributed by atoms with Crippen LogP contribution in [-0.4, -0.2) is 35.1 Å². The van der Waals surface area contributed by atoms with Crippen molar-refractivity contribution in [3.8, 4) is 0 Å². The summed E-state index contributed by atoms with van der Waals surface area (Å²) in [6.45, 7) is 8.41. The Morgan fingerprint density at radius 3 is 2.73 bits per heavy atom. The second kappa shape index (κ2) is 5.50. The second-order valence-electron chi connectivity index (χ2n) is 4.93. The molecule has 1 saturated heterocycles. The number of hydrogen-bond acceptors (Lipinski definition) is 2. The first kappa shape index (κ1) is 12.5. The Morgan fingerprint density at radius 2 is 2.20 bits per heavy atom. The van der Waals surface area contributed by atoms with E-state index in [4.69, 9.17) is 5.11 Å². The van der Waals surface area contributed by atoms with E-state index in [1.54, 1.807) is 0 Å². The molecule has 0 aliphatic carbocycles. The summed E-state index contributed by atoms with van der Waals surface area (Å²) in [4.78, 5) is 13.3. The number of carboxylic acids is 1. The molecule has 0 bridgehead atoms. The van der Waals surface area contributed by atoms with Gasteiger partial charge >= 0.3 is 5.97 Å². The van der Waals surface area contributed by atoms with E-state index >= 15 is 0 Å². The molecule has 3 atom stereocenters. The van der Waals surface area contributed by atoms with Gasteiger partial charge < -0.3 is 5.11 Å². The summed E-state index contributed by atoms with van der Waals surface area (Å²) in [6, 6.07) is 0.551. The number of aliphatic carboxylic acids is 1.